The number of carbonyl (C=O) groups excluding carboxylic acids is 1. The van der Waals surface area contributed by atoms with Crippen LogP contribution in [-0.2, 0) is 4.79 Å². The molecule has 1 N–H and O–H groups in total. The first-order chi connectivity index (χ1) is 10.1. The van der Waals surface area contributed by atoms with E-state index in [-0.39, 0.29) is 17.7 Å². The number of aliphatic carboxylic acids is 1. The Morgan fingerprint density at radius 3 is 2.81 bits per heavy atom. The van der Waals surface area contributed by atoms with Gasteiger partial charge in [0, 0.05) is 31.0 Å². The van der Waals surface area contributed by atoms with Gasteiger partial charge in [-0.25, -0.2) is 0 Å². The minimum atomic E-state index is -0.760. The molecule has 2 atom stereocenters. The number of aromatic nitrogens is 1. The van der Waals surface area contributed by atoms with Crippen LogP contribution in [-0.4, -0.2) is 39.4 Å². The van der Waals surface area contributed by atoms with E-state index < -0.39 is 5.97 Å². The molecular weight excluding hydrogens is 268 g/mol. The van der Waals surface area contributed by atoms with E-state index in [9.17, 15) is 9.59 Å². The van der Waals surface area contributed by atoms with Gasteiger partial charge >= 0.3 is 5.97 Å². The molecule has 5 nitrogen and oxygen atoms in total. The van der Waals surface area contributed by atoms with Crippen LogP contribution in [0.15, 0.2) is 36.7 Å². The van der Waals surface area contributed by atoms with E-state index in [0.29, 0.717) is 25.1 Å². The molecule has 2 aromatic rings. The van der Waals surface area contributed by atoms with Crippen molar-refractivity contribution in [3.05, 3.63) is 42.2 Å². The minimum Gasteiger partial charge on any atom is -0.481 e. The van der Waals surface area contributed by atoms with Crippen LogP contribution < -0.4 is 0 Å². The summed E-state index contributed by atoms with van der Waals surface area (Å²) in [6.45, 7) is 2.91. The number of nitrogens with zero attached hydrogens (tertiary/aromatic N) is 2. The molecule has 5 heteroatoms. The Labute approximate surface area is 122 Å². The first-order valence-electron chi connectivity index (χ1n) is 7.15. The predicted octanol–water partition coefficient (Wildman–Crippen LogP) is 2.12. The maximum Gasteiger partial charge on any atom is 0.306 e. The quantitative estimate of drug-likeness (QED) is 0.920. The van der Waals surface area contributed by atoms with Gasteiger partial charge in [-0.1, -0.05) is 13.0 Å². The Kier molecular flexibility index (Phi) is 3.41. The maximum atomic E-state index is 12.6. The van der Waals surface area contributed by atoms with E-state index in [4.69, 9.17) is 5.11 Å². The predicted molar refractivity (Wildman–Crippen MR) is 78.2 cm³/mol. The van der Waals surface area contributed by atoms with Crippen LogP contribution in [0.2, 0.25) is 0 Å². The smallest absolute Gasteiger partial charge is 0.306 e. The number of hydrogen-bond donors (Lipinski definition) is 1. The Morgan fingerprint density at radius 1 is 1.33 bits per heavy atom. The Balaban J connectivity index is 1.78. The fourth-order valence-corrected chi connectivity index (χ4v) is 3.05. The van der Waals surface area contributed by atoms with Crippen molar-refractivity contribution in [3.63, 3.8) is 0 Å². The fourth-order valence-electron chi connectivity index (χ4n) is 3.05. The summed E-state index contributed by atoms with van der Waals surface area (Å²) in [7, 11) is 0. The van der Waals surface area contributed by atoms with Gasteiger partial charge in [0.2, 0.25) is 0 Å². The van der Waals surface area contributed by atoms with Gasteiger partial charge in [-0.3, -0.25) is 9.59 Å². The summed E-state index contributed by atoms with van der Waals surface area (Å²) in [6, 6.07) is 7.68. The number of carbonyl (C=O) groups is 2. The number of amides is 1. The highest BCUT2D eigenvalue weighted by Crippen LogP contribution is 2.25. The Hall–Kier alpha value is -2.30. The van der Waals surface area contributed by atoms with Crippen LogP contribution >= 0.6 is 0 Å². The molecule has 0 aliphatic carbocycles. The van der Waals surface area contributed by atoms with Gasteiger partial charge in [0.15, 0.2) is 0 Å². The number of piperidine rings is 1. The van der Waals surface area contributed by atoms with Crippen LogP contribution in [0.3, 0.4) is 0 Å². The highest BCUT2D eigenvalue weighted by atomic mass is 16.4. The third kappa shape index (κ3) is 2.51. The number of carboxylic acids is 1. The summed E-state index contributed by atoms with van der Waals surface area (Å²) in [6.07, 6.45) is 4.26. The number of fused-ring (bicyclic) bond motifs is 1. The van der Waals surface area contributed by atoms with Crippen molar-refractivity contribution in [3.8, 4) is 0 Å². The van der Waals surface area contributed by atoms with Crippen LogP contribution in [0.25, 0.3) is 5.52 Å². The largest absolute Gasteiger partial charge is 0.481 e. The summed E-state index contributed by atoms with van der Waals surface area (Å²) in [5.74, 6) is -1.14. The Morgan fingerprint density at radius 2 is 2.14 bits per heavy atom. The van der Waals surface area contributed by atoms with Gasteiger partial charge < -0.3 is 14.4 Å². The van der Waals surface area contributed by atoms with Crippen LogP contribution in [0, 0.1) is 11.8 Å². The van der Waals surface area contributed by atoms with Crippen LogP contribution in [0.4, 0.5) is 0 Å². The SMILES string of the molecule is CC1CN(C(=O)c2cc3ccccn3c2)CCC1C(=O)O. The molecule has 1 aliphatic heterocycles. The number of carboxylic acid groups (broad SMARTS) is 1. The second kappa shape index (κ2) is 5.24. The van der Waals surface area contributed by atoms with Gasteiger partial charge in [0.1, 0.15) is 0 Å². The zero-order valence-electron chi connectivity index (χ0n) is 11.9. The maximum absolute atomic E-state index is 12.6. The lowest BCUT2D eigenvalue weighted by molar-refractivity contribution is -0.145. The molecule has 2 aromatic heterocycles. The highest BCUT2D eigenvalue weighted by molar-refractivity contribution is 5.95. The van der Waals surface area contributed by atoms with Gasteiger partial charge in [0.25, 0.3) is 5.91 Å². The first-order valence-corrected chi connectivity index (χ1v) is 7.15. The molecule has 0 bridgehead atoms. The molecule has 3 rings (SSSR count). The third-order valence-electron chi connectivity index (χ3n) is 4.26. The van der Waals surface area contributed by atoms with Gasteiger partial charge in [0.05, 0.1) is 11.5 Å². The van der Waals surface area contributed by atoms with E-state index in [0.717, 1.165) is 5.52 Å². The molecule has 3 heterocycles. The summed E-state index contributed by atoms with van der Waals surface area (Å²) < 4.78 is 1.92. The standard InChI is InChI=1S/C16H18N2O3/c1-11-9-18(7-5-14(11)16(20)21)15(19)12-8-13-4-2-3-6-17(13)10-12/h2-4,6,8,10-11,14H,5,7,9H2,1H3,(H,20,21). The molecule has 0 saturated carbocycles. The van der Waals surface area contributed by atoms with E-state index in [1.807, 2.05) is 48.0 Å². The molecular formula is C16H18N2O3. The molecule has 1 amide bonds. The lowest BCUT2D eigenvalue weighted by Crippen LogP contribution is -2.44. The molecule has 110 valence electrons. The second-order valence-electron chi connectivity index (χ2n) is 5.72. The van der Waals surface area contributed by atoms with E-state index in [1.165, 1.54) is 0 Å². The van der Waals surface area contributed by atoms with Gasteiger partial charge in [-0.2, -0.15) is 0 Å². The number of hydrogen-bond acceptors (Lipinski definition) is 2. The molecule has 2 unspecified atom stereocenters. The summed E-state index contributed by atoms with van der Waals surface area (Å²) in [5.41, 5.74) is 1.64. The molecule has 1 saturated heterocycles. The second-order valence-corrected chi connectivity index (χ2v) is 5.72. The number of pyridine rings is 1. The summed E-state index contributed by atoms with van der Waals surface area (Å²) in [5, 5.41) is 9.14. The van der Waals surface area contributed by atoms with Crippen molar-refractivity contribution >= 4 is 17.4 Å². The van der Waals surface area contributed by atoms with Gasteiger partial charge in [-0.05, 0) is 30.5 Å². The molecule has 21 heavy (non-hydrogen) atoms. The molecule has 0 aromatic carbocycles. The van der Waals surface area contributed by atoms with Crippen molar-refractivity contribution in [1.82, 2.24) is 9.30 Å². The number of rotatable bonds is 2. The average molecular weight is 286 g/mol. The van der Waals surface area contributed by atoms with Crippen molar-refractivity contribution < 1.29 is 14.7 Å². The molecule has 1 aliphatic rings. The fraction of sp³-hybridized carbons (Fsp3) is 0.375. The zero-order valence-corrected chi connectivity index (χ0v) is 11.9. The third-order valence-corrected chi connectivity index (χ3v) is 4.26. The zero-order chi connectivity index (χ0) is 15.0. The normalized spacial score (nSPS) is 22.4. The van der Waals surface area contributed by atoms with Crippen molar-refractivity contribution in [2.75, 3.05) is 13.1 Å². The number of likely N-dealkylation sites (tertiary alicyclic amines) is 1. The monoisotopic (exact) mass is 286 g/mol. The Bertz CT molecular complexity index is 659. The highest BCUT2D eigenvalue weighted by Gasteiger charge is 2.33. The van der Waals surface area contributed by atoms with E-state index >= 15 is 0 Å². The van der Waals surface area contributed by atoms with Crippen LogP contribution in [0.5, 0.6) is 0 Å². The average Bonchev–Trinajstić information content (AvgIpc) is 2.89. The molecule has 0 spiro atoms. The summed E-state index contributed by atoms with van der Waals surface area (Å²) in [4.78, 5) is 25.4. The van der Waals surface area contributed by atoms with Gasteiger partial charge in [-0.15, -0.1) is 0 Å². The van der Waals surface area contributed by atoms with E-state index in [1.54, 1.807) is 4.90 Å². The summed E-state index contributed by atoms with van der Waals surface area (Å²) >= 11 is 0. The molecule has 0 radical (unpaired) electrons. The van der Waals surface area contributed by atoms with Crippen molar-refractivity contribution in [2.45, 2.75) is 13.3 Å². The lowest BCUT2D eigenvalue weighted by Gasteiger charge is -2.34. The topological polar surface area (TPSA) is 62.0 Å². The van der Waals surface area contributed by atoms with E-state index in [2.05, 4.69) is 0 Å². The lowest BCUT2D eigenvalue weighted by atomic mass is 9.87. The first kappa shape index (κ1) is 13.7. The molecule has 1 fully saturated rings. The van der Waals surface area contributed by atoms with Crippen LogP contribution in [0.1, 0.15) is 23.7 Å². The van der Waals surface area contributed by atoms with Crippen molar-refractivity contribution in [1.29, 1.82) is 0 Å². The minimum absolute atomic E-state index is 0.0165. The van der Waals surface area contributed by atoms with Crippen molar-refractivity contribution in [2.24, 2.45) is 11.8 Å².